The number of carbonyl (C=O) groups excluding carboxylic acids is 1. The van der Waals surface area contributed by atoms with E-state index >= 15 is 0 Å². The summed E-state index contributed by atoms with van der Waals surface area (Å²) < 4.78 is 5.47. The Hall–Kier alpha value is -2.90. The highest BCUT2D eigenvalue weighted by atomic mass is 16.5. The van der Waals surface area contributed by atoms with Gasteiger partial charge in [0.15, 0.2) is 0 Å². The summed E-state index contributed by atoms with van der Waals surface area (Å²) in [6.45, 7) is 6.58. The van der Waals surface area contributed by atoms with Gasteiger partial charge in [0.1, 0.15) is 5.56 Å². The smallest absolute Gasteiger partial charge is 0.260 e. The van der Waals surface area contributed by atoms with Gasteiger partial charge in [0, 0.05) is 44.1 Å². The van der Waals surface area contributed by atoms with Crippen LogP contribution >= 0.6 is 0 Å². The molecular weight excluding hydrogens is 322 g/mol. The Morgan fingerprint density at radius 2 is 2.04 bits per heavy atom. The van der Waals surface area contributed by atoms with E-state index in [0.29, 0.717) is 44.6 Å². The lowest BCUT2D eigenvalue weighted by Crippen LogP contribution is -2.50. The Kier molecular flexibility index (Phi) is 4.97. The predicted octanol–water partition coefficient (Wildman–Crippen LogP) is 0.834. The van der Waals surface area contributed by atoms with E-state index < -0.39 is 0 Å². The van der Waals surface area contributed by atoms with Crippen LogP contribution < -0.4 is 15.2 Å². The summed E-state index contributed by atoms with van der Waals surface area (Å²) in [7, 11) is 0. The Morgan fingerprint density at radius 1 is 1.28 bits per heavy atom. The van der Waals surface area contributed by atoms with Crippen LogP contribution in [-0.2, 0) is 0 Å². The fraction of sp³-hybridized carbons (Fsp3) is 0.412. The van der Waals surface area contributed by atoms with Crippen molar-refractivity contribution in [3.05, 3.63) is 46.0 Å². The SMILES string of the molecule is CCOc1cc(C)nc(N2CCN(C(=O)c3ccc[nH]c3=O)CC2)n1. The predicted molar refractivity (Wildman–Crippen MR) is 93.1 cm³/mol. The molecule has 0 atom stereocenters. The zero-order valence-corrected chi connectivity index (χ0v) is 14.4. The first kappa shape index (κ1) is 16.9. The number of aromatic amines is 1. The van der Waals surface area contributed by atoms with Crippen LogP contribution in [0.15, 0.2) is 29.2 Å². The van der Waals surface area contributed by atoms with Crippen LogP contribution in [-0.4, -0.2) is 58.5 Å². The van der Waals surface area contributed by atoms with Crippen molar-refractivity contribution < 1.29 is 9.53 Å². The molecule has 1 amide bonds. The average molecular weight is 343 g/mol. The lowest BCUT2D eigenvalue weighted by Gasteiger charge is -2.34. The quantitative estimate of drug-likeness (QED) is 0.884. The number of aryl methyl sites for hydroxylation is 1. The van der Waals surface area contributed by atoms with E-state index in [0.717, 1.165) is 5.69 Å². The number of carbonyl (C=O) groups is 1. The van der Waals surface area contributed by atoms with Gasteiger partial charge in [-0.2, -0.15) is 4.98 Å². The van der Waals surface area contributed by atoms with E-state index in [-0.39, 0.29) is 17.0 Å². The number of nitrogens with one attached hydrogen (secondary N) is 1. The van der Waals surface area contributed by atoms with Gasteiger partial charge in [0.2, 0.25) is 11.8 Å². The number of anilines is 1. The Bertz CT molecular complexity index is 812. The molecule has 1 saturated heterocycles. The second kappa shape index (κ2) is 7.33. The van der Waals surface area contributed by atoms with Crippen molar-refractivity contribution in [3.63, 3.8) is 0 Å². The standard InChI is InChI=1S/C17H21N5O3/c1-3-25-14-11-12(2)19-17(20-14)22-9-7-21(8-10-22)16(24)13-5-4-6-18-15(13)23/h4-6,11H,3,7-10H2,1-2H3,(H,18,23). The second-order valence-corrected chi connectivity index (χ2v) is 5.77. The molecule has 1 fully saturated rings. The topological polar surface area (TPSA) is 91.4 Å². The molecule has 25 heavy (non-hydrogen) atoms. The van der Waals surface area contributed by atoms with Gasteiger partial charge < -0.3 is 19.5 Å². The van der Waals surface area contributed by atoms with Crippen LogP contribution in [0.5, 0.6) is 5.88 Å². The van der Waals surface area contributed by atoms with Gasteiger partial charge in [-0.05, 0) is 26.0 Å². The van der Waals surface area contributed by atoms with E-state index in [1.54, 1.807) is 23.1 Å². The first-order chi connectivity index (χ1) is 12.1. The normalized spacial score (nSPS) is 14.5. The number of ether oxygens (including phenoxy) is 1. The Morgan fingerprint density at radius 3 is 2.72 bits per heavy atom. The molecule has 2 aromatic rings. The molecule has 0 radical (unpaired) electrons. The average Bonchev–Trinajstić information content (AvgIpc) is 2.61. The van der Waals surface area contributed by atoms with Crippen LogP contribution in [0.3, 0.4) is 0 Å². The summed E-state index contributed by atoms with van der Waals surface area (Å²) in [4.78, 5) is 39.4. The van der Waals surface area contributed by atoms with Crippen LogP contribution in [0.1, 0.15) is 23.0 Å². The lowest BCUT2D eigenvalue weighted by atomic mass is 10.2. The van der Waals surface area contributed by atoms with Gasteiger partial charge in [0.25, 0.3) is 11.5 Å². The molecule has 8 heteroatoms. The number of aromatic nitrogens is 3. The fourth-order valence-corrected chi connectivity index (χ4v) is 2.76. The van der Waals surface area contributed by atoms with Gasteiger partial charge in [-0.25, -0.2) is 4.98 Å². The number of rotatable bonds is 4. The number of amides is 1. The summed E-state index contributed by atoms with van der Waals surface area (Å²) in [6.07, 6.45) is 1.52. The van der Waals surface area contributed by atoms with Gasteiger partial charge in [-0.3, -0.25) is 9.59 Å². The molecule has 3 rings (SSSR count). The molecule has 0 unspecified atom stereocenters. The summed E-state index contributed by atoms with van der Waals surface area (Å²) in [5, 5.41) is 0. The minimum absolute atomic E-state index is 0.168. The third-order valence-corrected chi connectivity index (χ3v) is 4.01. The molecule has 2 aromatic heterocycles. The van der Waals surface area contributed by atoms with Gasteiger partial charge in [-0.1, -0.05) is 0 Å². The van der Waals surface area contributed by atoms with Crippen molar-refractivity contribution in [1.29, 1.82) is 0 Å². The van der Waals surface area contributed by atoms with Crippen molar-refractivity contribution in [2.75, 3.05) is 37.7 Å². The molecule has 0 spiro atoms. The van der Waals surface area contributed by atoms with Crippen LogP contribution in [0.4, 0.5) is 5.95 Å². The van der Waals surface area contributed by atoms with Gasteiger partial charge in [-0.15, -0.1) is 0 Å². The van der Waals surface area contributed by atoms with Gasteiger partial charge >= 0.3 is 0 Å². The maximum Gasteiger partial charge on any atom is 0.260 e. The third-order valence-electron chi connectivity index (χ3n) is 4.01. The number of hydrogen-bond acceptors (Lipinski definition) is 6. The number of hydrogen-bond donors (Lipinski definition) is 1. The van der Waals surface area contributed by atoms with Crippen molar-refractivity contribution in [1.82, 2.24) is 19.9 Å². The van der Waals surface area contributed by atoms with Crippen molar-refractivity contribution in [2.24, 2.45) is 0 Å². The van der Waals surface area contributed by atoms with Crippen LogP contribution in [0, 0.1) is 6.92 Å². The summed E-state index contributed by atoms with van der Waals surface area (Å²) in [5.74, 6) is 0.911. The summed E-state index contributed by atoms with van der Waals surface area (Å²) >= 11 is 0. The van der Waals surface area contributed by atoms with E-state index in [1.165, 1.54) is 6.20 Å². The maximum absolute atomic E-state index is 12.5. The minimum atomic E-state index is -0.363. The Labute approximate surface area is 145 Å². The molecule has 8 nitrogen and oxygen atoms in total. The van der Waals surface area contributed by atoms with E-state index in [4.69, 9.17) is 4.74 Å². The lowest BCUT2D eigenvalue weighted by molar-refractivity contribution is 0.0744. The Balaban J connectivity index is 1.69. The molecule has 0 aliphatic carbocycles. The van der Waals surface area contributed by atoms with Crippen molar-refractivity contribution in [3.8, 4) is 5.88 Å². The zero-order chi connectivity index (χ0) is 17.8. The first-order valence-corrected chi connectivity index (χ1v) is 8.29. The summed E-state index contributed by atoms with van der Waals surface area (Å²) in [5.41, 5.74) is 0.641. The number of pyridine rings is 1. The van der Waals surface area contributed by atoms with Crippen molar-refractivity contribution in [2.45, 2.75) is 13.8 Å². The van der Waals surface area contributed by atoms with Crippen LogP contribution in [0.2, 0.25) is 0 Å². The first-order valence-electron chi connectivity index (χ1n) is 8.29. The summed E-state index contributed by atoms with van der Waals surface area (Å²) in [6, 6.07) is 5.00. The van der Waals surface area contributed by atoms with E-state index in [1.807, 2.05) is 18.7 Å². The largest absolute Gasteiger partial charge is 0.478 e. The van der Waals surface area contributed by atoms with E-state index in [9.17, 15) is 9.59 Å². The van der Waals surface area contributed by atoms with Gasteiger partial charge in [0.05, 0.1) is 6.61 Å². The molecule has 1 aliphatic heterocycles. The number of H-pyrrole nitrogens is 1. The van der Waals surface area contributed by atoms with Crippen molar-refractivity contribution >= 4 is 11.9 Å². The highest BCUT2D eigenvalue weighted by Crippen LogP contribution is 2.17. The molecular formula is C17H21N5O3. The number of piperazine rings is 1. The minimum Gasteiger partial charge on any atom is -0.478 e. The highest BCUT2D eigenvalue weighted by molar-refractivity contribution is 5.93. The second-order valence-electron chi connectivity index (χ2n) is 5.77. The molecule has 0 saturated carbocycles. The van der Waals surface area contributed by atoms with Crippen LogP contribution in [0.25, 0.3) is 0 Å². The third kappa shape index (κ3) is 3.78. The zero-order valence-electron chi connectivity index (χ0n) is 14.4. The molecule has 3 heterocycles. The number of nitrogens with zero attached hydrogens (tertiary/aromatic N) is 4. The fourth-order valence-electron chi connectivity index (χ4n) is 2.76. The molecule has 0 aromatic carbocycles. The molecule has 0 bridgehead atoms. The van der Waals surface area contributed by atoms with E-state index in [2.05, 4.69) is 15.0 Å². The maximum atomic E-state index is 12.5. The molecule has 1 aliphatic rings. The monoisotopic (exact) mass is 343 g/mol. The molecule has 132 valence electrons. The molecule has 1 N–H and O–H groups in total. The highest BCUT2D eigenvalue weighted by Gasteiger charge is 2.25.